The van der Waals surface area contributed by atoms with E-state index in [1.165, 1.54) is 12.1 Å². The Morgan fingerprint density at radius 3 is 2.46 bits per heavy atom. The number of para-hydroxylation sites is 1. The molecule has 2 aromatic rings. The summed E-state index contributed by atoms with van der Waals surface area (Å²) in [5.74, 6) is 0.466. The molecule has 1 aromatic carbocycles. The van der Waals surface area contributed by atoms with Crippen molar-refractivity contribution in [2.75, 3.05) is 5.32 Å². The molecule has 1 heterocycles. The molecule has 1 amide bonds. The van der Waals surface area contributed by atoms with Gasteiger partial charge in [0.1, 0.15) is 11.5 Å². The van der Waals surface area contributed by atoms with Crippen LogP contribution in [-0.4, -0.2) is 16.8 Å². The van der Waals surface area contributed by atoms with E-state index >= 15 is 0 Å². The third kappa shape index (κ3) is 4.29. The normalized spacial score (nSPS) is 13.0. The molecular weight excluding hydrogens is 431 g/mol. The van der Waals surface area contributed by atoms with Crippen LogP contribution in [0.25, 0.3) is 0 Å². The number of aryl methyl sites for hydroxylation is 2. The molecule has 9 heteroatoms. The number of amides is 1. The van der Waals surface area contributed by atoms with Gasteiger partial charge in [0.15, 0.2) is 4.71 Å². The topological polar surface area (TPSA) is 42.2 Å². The van der Waals surface area contributed by atoms with Crippen LogP contribution in [-0.2, 0) is 0 Å². The van der Waals surface area contributed by atoms with Crippen molar-refractivity contribution in [2.45, 2.75) is 29.6 Å². The number of nitrogens with one attached hydrogen (secondary N) is 1. The Balaban J connectivity index is 2.26. The van der Waals surface area contributed by atoms with Gasteiger partial charge in [-0.25, -0.2) is 0 Å². The van der Waals surface area contributed by atoms with E-state index in [1.54, 1.807) is 26.0 Å². The molecule has 0 aliphatic heterocycles. The predicted octanol–water partition coefficient (Wildman–Crippen LogP) is 6.13. The highest BCUT2D eigenvalue weighted by atomic mass is 79.9. The SMILES string of the molecule is Cc1oc(C)c(C(=O)Nc2ccccc2SC(Cl)C(F)(F)F)c1Br. The summed E-state index contributed by atoms with van der Waals surface area (Å²) in [6, 6.07) is 6.15. The maximum atomic E-state index is 12.6. The lowest BCUT2D eigenvalue weighted by Gasteiger charge is -2.16. The van der Waals surface area contributed by atoms with Gasteiger partial charge < -0.3 is 9.73 Å². The lowest BCUT2D eigenvalue weighted by atomic mass is 10.2. The Labute approximate surface area is 154 Å². The maximum absolute atomic E-state index is 12.6. The van der Waals surface area contributed by atoms with Crippen molar-refractivity contribution in [3.63, 3.8) is 0 Å². The minimum atomic E-state index is -4.55. The number of furan rings is 1. The van der Waals surface area contributed by atoms with Crippen molar-refractivity contribution < 1.29 is 22.4 Å². The minimum Gasteiger partial charge on any atom is -0.465 e. The first-order chi connectivity index (χ1) is 11.1. The highest BCUT2D eigenvalue weighted by Crippen LogP contribution is 2.40. The van der Waals surface area contributed by atoms with Crippen LogP contribution >= 0.6 is 39.3 Å². The molecule has 1 N–H and O–H groups in total. The third-order valence-electron chi connectivity index (χ3n) is 3.04. The van der Waals surface area contributed by atoms with E-state index in [0.29, 0.717) is 33.3 Å². The lowest BCUT2D eigenvalue weighted by Crippen LogP contribution is -2.20. The Morgan fingerprint density at radius 1 is 1.29 bits per heavy atom. The fourth-order valence-corrected chi connectivity index (χ4v) is 3.54. The Bertz CT molecular complexity index is 764. The van der Waals surface area contributed by atoms with Gasteiger partial charge in [-0.05, 0) is 41.9 Å². The van der Waals surface area contributed by atoms with Crippen LogP contribution in [0.3, 0.4) is 0 Å². The Morgan fingerprint density at radius 2 is 1.92 bits per heavy atom. The summed E-state index contributed by atoms with van der Waals surface area (Å²) in [7, 11) is 0. The van der Waals surface area contributed by atoms with Gasteiger partial charge in [-0.3, -0.25) is 4.79 Å². The zero-order chi connectivity index (χ0) is 18.1. The second-order valence-electron chi connectivity index (χ2n) is 4.83. The van der Waals surface area contributed by atoms with Crippen LogP contribution < -0.4 is 5.32 Å². The van der Waals surface area contributed by atoms with Gasteiger partial charge in [-0.15, -0.1) is 11.6 Å². The molecule has 0 spiro atoms. The van der Waals surface area contributed by atoms with Crippen molar-refractivity contribution in [3.8, 4) is 0 Å². The molecule has 2 rings (SSSR count). The number of carbonyl (C=O) groups excluding carboxylic acids is 1. The summed E-state index contributed by atoms with van der Waals surface area (Å²) in [5.41, 5.74) is 0.540. The average molecular weight is 443 g/mol. The molecule has 0 fully saturated rings. The second kappa shape index (κ2) is 7.41. The average Bonchev–Trinajstić information content (AvgIpc) is 2.73. The summed E-state index contributed by atoms with van der Waals surface area (Å²) in [4.78, 5) is 12.7. The molecule has 0 saturated carbocycles. The van der Waals surface area contributed by atoms with Crippen molar-refractivity contribution in [2.24, 2.45) is 0 Å². The van der Waals surface area contributed by atoms with E-state index < -0.39 is 16.8 Å². The fraction of sp³-hybridized carbons (Fsp3) is 0.267. The van der Waals surface area contributed by atoms with Crippen molar-refractivity contribution in [1.82, 2.24) is 0 Å². The molecule has 1 unspecified atom stereocenters. The van der Waals surface area contributed by atoms with Crippen LogP contribution in [0, 0.1) is 13.8 Å². The van der Waals surface area contributed by atoms with Crippen LogP contribution in [0.2, 0.25) is 0 Å². The van der Waals surface area contributed by atoms with Crippen molar-refractivity contribution in [1.29, 1.82) is 0 Å². The van der Waals surface area contributed by atoms with E-state index in [0.717, 1.165) is 0 Å². The standard InChI is InChI=1S/C15H12BrClF3NO2S/c1-7-11(12(16)8(2)23-7)13(22)21-9-5-3-4-6-10(9)24-14(17)15(18,19)20/h3-6,14H,1-2H3,(H,21,22). The van der Waals surface area contributed by atoms with E-state index in [-0.39, 0.29) is 10.6 Å². The summed E-state index contributed by atoms with van der Waals surface area (Å²) >= 11 is 9.06. The van der Waals surface area contributed by atoms with Gasteiger partial charge in [0, 0.05) is 4.90 Å². The smallest absolute Gasteiger partial charge is 0.414 e. The second-order valence-corrected chi connectivity index (χ2v) is 7.46. The highest BCUT2D eigenvalue weighted by Gasteiger charge is 2.39. The van der Waals surface area contributed by atoms with Gasteiger partial charge in [-0.2, -0.15) is 13.2 Å². The Hall–Kier alpha value is -1.12. The third-order valence-corrected chi connectivity index (χ3v) is 5.59. The number of thioether (sulfide) groups is 1. The van der Waals surface area contributed by atoms with Crippen molar-refractivity contribution in [3.05, 3.63) is 45.8 Å². The quantitative estimate of drug-likeness (QED) is 0.457. The number of carbonyl (C=O) groups is 1. The van der Waals surface area contributed by atoms with Gasteiger partial charge in [0.05, 0.1) is 15.7 Å². The molecule has 130 valence electrons. The maximum Gasteiger partial charge on any atom is 0.414 e. The van der Waals surface area contributed by atoms with Gasteiger partial charge in [0.25, 0.3) is 5.91 Å². The van der Waals surface area contributed by atoms with Crippen LogP contribution in [0.4, 0.5) is 18.9 Å². The monoisotopic (exact) mass is 441 g/mol. The first-order valence-corrected chi connectivity index (χ1v) is 8.75. The largest absolute Gasteiger partial charge is 0.465 e. The van der Waals surface area contributed by atoms with E-state index in [1.807, 2.05) is 0 Å². The molecule has 3 nitrogen and oxygen atoms in total. The zero-order valence-electron chi connectivity index (χ0n) is 12.5. The number of benzene rings is 1. The number of rotatable bonds is 4. The molecule has 1 aromatic heterocycles. The molecule has 0 saturated heterocycles. The van der Waals surface area contributed by atoms with Gasteiger partial charge >= 0.3 is 6.18 Å². The summed E-state index contributed by atoms with van der Waals surface area (Å²) < 4.78 is 41.7. The number of alkyl halides is 4. The fourth-order valence-electron chi connectivity index (χ4n) is 1.95. The van der Waals surface area contributed by atoms with Crippen LogP contribution in [0.1, 0.15) is 21.9 Å². The zero-order valence-corrected chi connectivity index (χ0v) is 15.7. The van der Waals surface area contributed by atoms with Crippen LogP contribution in [0.15, 0.2) is 38.1 Å². The number of anilines is 1. The van der Waals surface area contributed by atoms with Gasteiger partial charge in [0.2, 0.25) is 0 Å². The molecule has 1 atom stereocenters. The summed E-state index contributed by atoms with van der Waals surface area (Å²) in [6.45, 7) is 3.32. The number of hydrogen-bond donors (Lipinski definition) is 1. The molecule has 0 aliphatic rings. The molecule has 0 radical (unpaired) electrons. The lowest BCUT2D eigenvalue weighted by molar-refractivity contribution is -0.113. The number of halogens is 5. The first kappa shape index (κ1) is 19.2. The minimum absolute atomic E-state index is 0.220. The molecule has 0 aliphatic carbocycles. The highest BCUT2D eigenvalue weighted by molar-refractivity contribution is 9.10. The van der Waals surface area contributed by atoms with E-state index in [9.17, 15) is 18.0 Å². The summed E-state index contributed by atoms with van der Waals surface area (Å²) in [5, 5.41) is 2.60. The van der Waals surface area contributed by atoms with E-state index in [2.05, 4.69) is 21.2 Å². The predicted molar refractivity (Wildman–Crippen MR) is 91.8 cm³/mol. The van der Waals surface area contributed by atoms with Crippen LogP contribution in [0.5, 0.6) is 0 Å². The summed E-state index contributed by atoms with van der Waals surface area (Å²) in [6.07, 6.45) is -4.55. The molecular formula is C15H12BrClF3NO2S. The Kier molecular flexibility index (Phi) is 5.93. The molecule has 24 heavy (non-hydrogen) atoms. The van der Waals surface area contributed by atoms with E-state index in [4.69, 9.17) is 16.0 Å². The van der Waals surface area contributed by atoms with Gasteiger partial charge in [-0.1, -0.05) is 23.9 Å². The first-order valence-electron chi connectivity index (χ1n) is 6.64. The number of hydrogen-bond acceptors (Lipinski definition) is 3. The van der Waals surface area contributed by atoms with Crippen molar-refractivity contribution >= 4 is 50.9 Å². The molecule has 0 bridgehead atoms.